The molecule has 3 N–H and O–H groups in total. The number of amides is 2. The lowest BCUT2D eigenvalue weighted by atomic mass is 9.94. The van der Waals surface area contributed by atoms with Gasteiger partial charge < -0.3 is 16.0 Å². The lowest BCUT2D eigenvalue weighted by Crippen LogP contribution is -2.51. The summed E-state index contributed by atoms with van der Waals surface area (Å²) >= 11 is 0. The summed E-state index contributed by atoms with van der Waals surface area (Å²) in [6.45, 7) is 3.60. The molecule has 8 heteroatoms. The van der Waals surface area contributed by atoms with E-state index in [0.717, 1.165) is 0 Å². The standard InChI is InChI=1S/C13H22F3N3O2/c1-8(2)19-11(20)5-6-17-12(21)10-4-3-9(7-18-10)13(14,15)16/h8-10,18H,3-7H2,1-2H3,(H,17,21)(H,19,20). The van der Waals surface area contributed by atoms with E-state index in [1.54, 1.807) is 0 Å². The van der Waals surface area contributed by atoms with Crippen molar-refractivity contribution in [1.82, 2.24) is 16.0 Å². The molecule has 2 atom stereocenters. The van der Waals surface area contributed by atoms with E-state index in [-0.39, 0.29) is 50.2 Å². The van der Waals surface area contributed by atoms with Gasteiger partial charge in [0.1, 0.15) is 0 Å². The molecule has 1 aliphatic rings. The Bertz CT molecular complexity index is 364. The van der Waals surface area contributed by atoms with E-state index in [9.17, 15) is 22.8 Å². The van der Waals surface area contributed by atoms with Crippen LogP contribution in [0.15, 0.2) is 0 Å². The summed E-state index contributed by atoms with van der Waals surface area (Å²) < 4.78 is 37.4. The van der Waals surface area contributed by atoms with Gasteiger partial charge in [0.05, 0.1) is 12.0 Å². The predicted molar refractivity (Wildman–Crippen MR) is 71.5 cm³/mol. The molecule has 0 aromatic carbocycles. The highest BCUT2D eigenvalue weighted by molar-refractivity contribution is 5.82. The van der Waals surface area contributed by atoms with Crippen LogP contribution >= 0.6 is 0 Å². The fraction of sp³-hybridized carbons (Fsp3) is 0.846. The largest absolute Gasteiger partial charge is 0.393 e. The van der Waals surface area contributed by atoms with E-state index in [1.165, 1.54) is 0 Å². The van der Waals surface area contributed by atoms with E-state index in [2.05, 4.69) is 16.0 Å². The molecule has 0 bridgehead atoms. The van der Waals surface area contributed by atoms with Gasteiger partial charge in [-0.1, -0.05) is 0 Å². The number of nitrogens with one attached hydrogen (secondary N) is 3. The Morgan fingerprint density at radius 3 is 2.43 bits per heavy atom. The van der Waals surface area contributed by atoms with Crippen LogP contribution in [0, 0.1) is 5.92 Å². The van der Waals surface area contributed by atoms with Crippen LogP contribution in [0.25, 0.3) is 0 Å². The van der Waals surface area contributed by atoms with Crippen LogP contribution in [0.2, 0.25) is 0 Å². The molecule has 2 amide bonds. The van der Waals surface area contributed by atoms with Crippen molar-refractivity contribution in [1.29, 1.82) is 0 Å². The number of alkyl halides is 3. The molecular formula is C13H22F3N3O2. The Morgan fingerprint density at radius 1 is 1.29 bits per heavy atom. The van der Waals surface area contributed by atoms with Crippen LogP contribution in [0.3, 0.4) is 0 Å². The second-order valence-electron chi connectivity index (χ2n) is 5.54. The van der Waals surface area contributed by atoms with Crippen molar-refractivity contribution < 1.29 is 22.8 Å². The van der Waals surface area contributed by atoms with Crippen LogP contribution in [-0.2, 0) is 9.59 Å². The number of hydrogen-bond donors (Lipinski definition) is 3. The average Bonchev–Trinajstić information content (AvgIpc) is 2.36. The molecule has 1 fully saturated rings. The third kappa shape index (κ3) is 6.33. The molecule has 21 heavy (non-hydrogen) atoms. The zero-order chi connectivity index (χ0) is 16.0. The minimum atomic E-state index is -4.22. The zero-order valence-electron chi connectivity index (χ0n) is 12.2. The molecule has 1 heterocycles. The normalized spacial score (nSPS) is 23.0. The number of carbonyl (C=O) groups is 2. The minimum absolute atomic E-state index is 0.0347. The van der Waals surface area contributed by atoms with Crippen LogP contribution in [0.5, 0.6) is 0 Å². The first-order valence-electron chi connectivity index (χ1n) is 7.07. The highest BCUT2D eigenvalue weighted by atomic mass is 19.4. The van der Waals surface area contributed by atoms with Gasteiger partial charge >= 0.3 is 6.18 Å². The number of halogens is 3. The van der Waals surface area contributed by atoms with E-state index in [0.29, 0.717) is 0 Å². The summed E-state index contributed by atoms with van der Waals surface area (Å²) in [5.41, 5.74) is 0. The van der Waals surface area contributed by atoms with E-state index >= 15 is 0 Å². The second-order valence-corrected chi connectivity index (χ2v) is 5.54. The molecule has 122 valence electrons. The molecule has 1 rings (SSSR count). The summed E-state index contributed by atoms with van der Waals surface area (Å²) in [6, 6.07) is -0.579. The van der Waals surface area contributed by atoms with Gasteiger partial charge in [-0.05, 0) is 26.7 Å². The summed E-state index contributed by atoms with van der Waals surface area (Å²) in [5.74, 6) is -1.91. The predicted octanol–water partition coefficient (Wildman–Crippen LogP) is 0.948. The smallest absolute Gasteiger partial charge is 0.354 e. The van der Waals surface area contributed by atoms with Crippen molar-refractivity contribution in [3.05, 3.63) is 0 Å². The Morgan fingerprint density at radius 2 is 1.95 bits per heavy atom. The van der Waals surface area contributed by atoms with Gasteiger partial charge in [-0.3, -0.25) is 9.59 Å². The summed E-state index contributed by atoms with van der Waals surface area (Å²) in [5, 5.41) is 7.87. The molecule has 0 aromatic rings. The first-order chi connectivity index (χ1) is 9.70. The first-order valence-corrected chi connectivity index (χ1v) is 7.07. The van der Waals surface area contributed by atoms with Crippen molar-refractivity contribution in [2.24, 2.45) is 5.92 Å². The lowest BCUT2D eigenvalue weighted by Gasteiger charge is -2.30. The number of carbonyl (C=O) groups excluding carboxylic acids is 2. The van der Waals surface area contributed by atoms with Crippen molar-refractivity contribution in [3.8, 4) is 0 Å². The Balaban J connectivity index is 2.24. The summed E-state index contributed by atoms with van der Waals surface area (Å²) in [7, 11) is 0. The van der Waals surface area contributed by atoms with Crippen LogP contribution in [0.1, 0.15) is 33.1 Å². The molecule has 2 unspecified atom stereocenters. The Kier molecular flexibility index (Phi) is 6.44. The molecule has 5 nitrogen and oxygen atoms in total. The molecule has 0 radical (unpaired) electrons. The van der Waals surface area contributed by atoms with Crippen molar-refractivity contribution in [2.75, 3.05) is 13.1 Å². The van der Waals surface area contributed by atoms with E-state index in [1.807, 2.05) is 13.8 Å². The molecular weight excluding hydrogens is 287 g/mol. The maximum Gasteiger partial charge on any atom is 0.393 e. The molecule has 1 aliphatic heterocycles. The Hall–Kier alpha value is -1.31. The van der Waals surface area contributed by atoms with Crippen molar-refractivity contribution in [3.63, 3.8) is 0 Å². The van der Waals surface area contributed by atoms with Gasteiger partial charge in [0.2, 0.25) is 11.8 Å². The fourth-order valence-corrected chi connectivity index (χ4v) is 2.18. The monoisotopic (exact) mass is 309 g/mol. The Labute approximate surface area is 122 Å². The fourth-order valence-electron chi connectivity index (χ4n) is 2.18. The van der Waals surface area contributed by atoms with Gasteiger partial charge in [-0.2, -0.15) is 13.2 Å². The van der Waals surface area contributed by atoms with E-state index in [4.69, 9.17) is 0 Å². The van der Waals surface area contributed by atoms with Gasteiger partial charge in [0.25, 0.3) is 0 Å². The van der Waals surface area contributed by atoms with Crippen molar-refractivity contribution >= 4 is 11.8 Å². The molecule has 1 saturated heterocycles. The first kappa shape index (κ1) is 17.7. The maximum absolute atomic E-state index is 12.5. The van der Waals surface area contributed by atoms with Crippen LogP contribution in [0.4, 0.5) is 13.2 Å². The summed E-state index contributed by atoms with van der Waals surface area (Å²) in [6.07, 6.45) is -3.97. The lowest BCUT2D eigenvalue weighted by molar-refractivity contribution is -0.180. The molecule has 0 aromatic heterocycles. The highest BCUT2D eigenvalue weighted by Gasteiger charge is 2.42. The molecule has 0 aliphatic carbocycles. The van der Waals surface area contributed by atoms with Gasteiger partial charge in [-0.25, -0.2) is 0 Å². The zero-order valence-corrected chi connectivity index (χ0v) is 12.2. The molecule has 0 spiro atoms. The van der Waals surface area contributed by atoms with Crippen LogP contribution in [-0.4, -0.2) is 43.2 Å². The number of rotatable bonds is 5. The maximum atomic E-state index is 12.5. The van der Waals surface area contributed by atoms with E-state index < -0.39 is 18.1 Å². The summed E-state index contributed by atoms with van der Waals surface area (Å²) in [4.78, 5) is 23.1. The van der Waals surface area contributed by atoms with Gasteiger partial charge in [0.15, 0.2) is 0 Å². The quantitative estimate of drug-likeness (QED) is 0.708. The number of piperidine rings is 1. The topological polar surface area (TPSA) is 70.2 Å². The highest BCUT2D eigenvalue weighted by Crippen LogP contribution is 2.31. The minimum Gasteiger partial charge on any atom is -0.354 e. The SMILES string of the molecule is CC(C)NC(=O)CCNC(=O)C1CCC(C(F)(F)F)CN1. The van der Waals surface area contributed by atoms with Gasteiger partial charge in [0, 0.05) is 25.6 Å². The van der Waals surface area contributed by atoms with Crippen molar-refractivity contribution in [2.45, 2.75) is 51.4 Å². The molecule has 0 saturated carbocycles. The number of hydrogen-bond acceptors (Lipinski definition) is 3. The van der Waals surface area contributed by atoms with Gasteiger partial charge in [-0.15, -0.1) is 0 Å². The third-order valence-electron chi connectivity index (χ3n) is 3.29. The average molecular weight is 309 g/mol. The van der Waals surface area contributed by atoms with Crippen LogP contribution < -0.4 is 16.0 Å². The third-order valence-corrected chi connectivity index (χ3v) is 3.29. The second kappa shape index (κ2) is 7.63.